The van der Waals surface area contributed by atoms with E-state index in [4.69, 9.17) is 9.84 Å². The molecule has 0 aliphatic heterocycles. The number of carboxylic acids is 1. The number of hydrogen-bond acceptors (Lipinski definition) is 5. The lowest BCUT2D eigenvalue weighted by atomic mass is 9.95. The zero-order valence-electron chi connectivity index (χ0n) is 11.4. The Morgan fingerprint density at radius 1 is 1.30 bits per heavy atom. The van der Waals surface area contributed by atoms with Gasteiger partial charge < -0.3 is 9.84 Å². The molecule has 0 aliphatic carbocycles. The van der Waals surface area contributed by atoms with Crippen LogP contribution >= 0.6 is 0 Å². The molecule has 0 atom stereocenters. The topological polar surface area (TPSA) is 89.4 Å². The van der Waals surface area contributed by atoms with Gasteiger partial charge in [0.15, 0.2) is 0 Å². The van der Waals surface area contributed by atoms with E-state index in [0.29, 0.717) is 27.6 Å². The van der Waals surface area contributed by atoms with Gasteiger partial charge in [-0.1, -0.05) is 0 Å². The lowest BCUT2D eigenvalue weighted by Crippen LogP contribution is -2.09. The van der Waals surface area contributed by atoms with Gasteiger partial charge in [-0.05, 0) is 31.0 Å². The van der Waals surface area contributed by atoms with Crippen LogP contribution in [0.5, 0.6) is 0 Å². The number of aliphatic carboxylic acids is 1. The van der Waals surface area contributed by atoms with E-state index in [9.17, 15) is 9.59 Å². The predicted molar refractivity (Wildman–Crippen MR) is 71.7 cm³/mol. The Morgan fingerprint density at radius 2 is 2.00 bits per heavy atom. The fourth-order valence-electron chi connectivity index (χ4n) is 2.30. The van der Waals surface area contributed by atoms with Gasteiger partial charge in [0.05, 0.1) is 31.0 Å². The number of carbonyl (C=O) groups excluding carboxylic acids is 1. The first-order chi connectivity index (χ1) is 9.45. The smallest absolute Gasteiger partial charge is 0.338 e. The summed E-state index contributed by atoms with van der Waals surface area (Å²) >= 11 is 0. The van der Waals surface area contributed by atoms with Crippen molar-refractivity contribution < 1.29 is 19.4 Å². The molecule has 1 aromatic carbocycles. The number of hydrogen-bond donors (Lipinski definition) is 1. The zero-order valence-corrected chi connectivity index (χ0v) is 11.4. The van der Waals surface area contributed by atoms with Crippen molar-refractivity contribution in [1.82, 2.24) is 10.2 Å². The number of nitrogens with zero attached hydrogens (tertiary/aromatic N) is 2. The van der Waals surface area contributed by atoms with Crippen molar-refractivity contribution >= 4 is 22.7 Å². The first kappa shape index (κ1) is 13.9. The molecule has 2 rings (SSSR count). The minimum absolute atomic E-state index is 0.208. The van der Waals surface area contributed by atoms with Gasteiger partial charge in [0.2, 0.25) is 0 Å². The van der Waals surface area contributed by atoms with Gasteiger partial charge in [-0.15, -0.1) is 0 Å². The SMILES string of the molecule is COC(=O)c1c(C)cc2c(CC(=O)O)nncc2c1C. The summed E-state index contributed by atoms with van der Waals surface area (Å²) in [5.41, 5.74) is 2.31. The summed E-state index contributed by atoms with van der Waals surface area (Å²) in [5, 5.41) is 18.0. The van der Waals surface area contributed by atoms with Gasteiger partial charge in [0, 0.05) is 10.8 Å². The van der Waals surface area contributed by atoms with Crippen LogP contribution in [0.4, 0.5) is 0 Å². The predicted octanol–water partition coefficient (Wildman–Crippen LogP) is 1.66. The summed E-state index contributed by atoms with van der Waals surface area (Å²) in [6, 6.07) is 1.75. The molecular weight excluding hydrogens is 260 g/mol. The molecule has 0 spiro atoms. The summed E-state index contributed by atoms with van der Waals surface area (Å²) < 4.78 is 4.77. The van der Waals surface area contributed by atoms with Crippen molar-refractivity contribution in [2.75, 3.05) is 7.11 Å². The highest BCUT2D eigenvalue weighted by atomic mass is 16.5. The number of carboxylic acid groups (broad SMARTS) is 1. The molecule has 1 N–H and O–H groups in total. The number of esters is 1. The Balaban J connectivity index is 2.75. The van der Waals surface area contributed by atoms with Crippen LogP contribution in [-0.2, 0) is 16.0 Å². The average molecular weight is 274 g/mol. The lowest BCUT2D eigenvalue weighted by Gasteiger charge is -2.12. The molecule has 0 saturated carbocycles. The third-order valence-electron chi connectivity index (χ3n) is 3.21. The van der Waals surface area contributed by atoms with E-state index in [1.165, 1.54) is 13.3 Å². The van der Waals surface area contributed by atoms with E-state index in [1.54, 1.807) is 19.9 Å². The quantitative estimate of drug-likeness (QED) is 0.856. The van der Waals surface area contributed by atoms with Crippen LogP contribution in [0.2, 0.25) is 0 Å². The van der Waals surface area contributed by atoms with E-state index in [2.05, 4.69) is 10.2 Å². The summed E-state index contributed by atoms with van der Waals surface area (Å²) in [6.07, 6.45) is 1.32. The van der Waals surface area contributed by atoms with E-state index < -0.39 is 11.9 Å². The normalized spacial score (nSPS) is 10.6. The Hall–Kier alpha value is -2.50. The maximum absolute atomic E-state index is 11.8. The minimum atomic E-state index is -0.973. The highest BCUT2D eigenvalue weighted by Crippen LogP contribution is 2.27. The second kappa shape index (κ2) is 5.24. The zero-order chi connectivity index (χ0) is 14.9. The van der Waals surface area contributed by atoms with E-state index in [0.717, 1.165) is 5.56 Å². The van der Waals surface area contributed by atoms with Gasteiger partial charge in [-0.2, -0.15) is 10.2 Å². The molecule has 0 fully saturated rings. The van der Waals surface area contributed by atoms with Crippen molar-refractivity contribution in [3.63, 3.8) is 0 Å². The van der Waals surface area contributed by atoms with Crippen LogP contribution in [0.3, 0.4) is 0 Å². The summed E-state index contributed by atoms with van der Waals surface area (Å²) in [7, 11) is 1.33. The number of benzene rings is 1. The van der Waals surface area contributed by atoms with Crippen LogP contribution < -0.4 is 0 Å². The fourth-order valence-corrected chi connectivity index (χ4v) is 2.30. The molecule has 0 aliphatic rings. The van der Waals surface area contributed by atoms with E-state index in [-0.39, 0.29) is 6.42 Å². The third-order valence-corrected chi connectivity index (χ3v) is 3.21. The van der Waals surface area contributed by atoms with Crippen molar-refractivity contribution in [1.29, 1.82) is 0 Å². The van der Waals surface area contributed by atoms with Gasteiger partial charge in [0.25, 0.3) is 0 Å². The first-order valence-electron chi connectivity index (χ1n) is 6.00. The second-order valence-corrected chi connectivity index (χ2v) is 4.51. The van der Waals surface area contributed by atoms with Gasteiger partial charge in [-0.25, -0.2) is 4.79 Å². The van der Waals surface area contributed by atoms with Crippen LogP contribution in [0.25, 0.3) is 10.8 Å². The fraction of sp³-hybridized carbons (Fsp3) is 0.286. The monoisotopic (exact) mass is 274 g/mol. The highest BCUT2D eigenvalue weighted by Gasteiger charge is 2.18. The van der Waals surface area contributed by atoms with Crippen molar-refractivity contribution in [3.05, 3.63) is 34.6 Å². The Bertz CT molecular complexity index is 710. The molecule has 2 aromatic rings. The molecule has 1 heterocycles. The lowest BCUT2D eigenvalue weighted by molar-refractivity contribution is -0.136. The largest absolute Gasteiger partial charge is 0.481 e. The highest BCUT2D eigenvalue weighted by molar-refractivity contribution is 6.00. The summed E-state index contributed by atoms with van der Waals surface area (Å²) in [5.74, 6) is -1.39. The van der Waals surface area contributed by atoms with Gasteiger partial charge in [0.1, 0.15) is 0 Å². The van der Waals surface area contributed by atoms with E-state index in [1.807, 2.05) is 0 Å². The molecule has 20 heavy (non-hydrogen) atoms. The molecule has 0 unspecified atom stereocenters. The van der Waals surface area contributed by atoms with Crippen LogP contribution in [0.15, 0.2) is 12.3 Å². The Morgan fingerprint density at radius 3 is 2.60 bits per heavy atom. The standard InChI is InChI=1S/C14H14N2O4/c1-7-4-9-10(8(2)13(7)14(19)20-3)6-15-16-11(9)5-12(17)18/h4,6H,5H2,1-3H3,(H,17,18). The van der Waals surface area contributed by atoms with Crippen LogP contribution in [0.1, 0.15) is 27.2 Å². The molecule has 0 saturated heterocycles. The number of methoxy groups -OCH3 is 1. The number of aryl methyl sites for hydroxylation is 2. The molecule has 6 nitrogen and oxygen atoms in total. The summed E-state index contributed by atoms with van der Waals surface area (Å²) in [6.45, 7) is 3.57. The van der Waals surface area contributed by atoms with E-state index >= 15 is 0 Å². The number of aromatic nitrogens is 2. The van der Waals surface area contributed by atoms with Crippen molar-refractivity contribution in [2.24, 2.45) is 0 Å². The average Bonchev–Trinajstić information content (AvgIpc) is 2.39. The Labute approximate surface area is 115 Å². The third kappa shape index (κ3) is 2.32. The maximum atomic E-state index is 11.8. The molecule has 6 heteroatoms. The van der Waals surface area contributed by atoms with Gasteiger partial charge >= 0.3 is 11.9 Å². The van der Waals surface area contributed by atoms with Crippen LogP contribution in [0, 0.1) is 13.8 Å². The molecule has 104 valence electrons. The number of fused-ring (bicyclic) bond motifs is 1. The number of ether oxygens (including phenoxy) is 1. The number of carbonyl (C=O) groups is 2. The van der Waals surface area contributed by atoms with Crippen LogP contribution in [-0.4, -0.2) is 34.4 Å². The molecule has 0 radical (unpaired) electrons. The minimum Gasteiger partial charge on any atom is -0.481 e. The molecule has 1 aromatic heterocycles. The molecule has 0 bridgehead atoms. The first-order valence-corrected chi connectivity index (χ1v) is 6.00. The number of rotatable bonds is 3. The van der Waals surface area contributed by atoms with Crippen molar-refractivity contribution in [3.8, 4) is 0 Å². The van der Waals surface area contributed by atoms with Crippen molar-refractivity contribution in [2.45, 2.75) is 20.3 Å². The maximum Gasteiger partial charge on any atom is 0.338 e. The summed E-state index contributed by atoms with van der Waals surface area (Å²) in [4.78, 5) is 22.7. The molecule has 0 amide bonds. The molecular formula is C14H14N2O4. The Kier molecular flexibility index (Phi) is 3.65. The second-order valence-electron chi connectivity index (χ2n) is 4.51. The van der Waals surface area contributed by atoms with Gasteiger partial charge in [-0.3, -0.25) is 4.79 Å².